The lowest BCUT2D eigenvalue weighted by atomic mass is 10.3. The fourth-order valence-electron chi connectivity index (χ4n) is 1.82. The standard InChI is InChI=1S/C12H10ClN5O2S2/c1-7-6-10(16-11(14-7)18-22(13,19)20)17-12-15-8-4-2-3-5-9(8)21-12/h2-6H,1H3,(H2,14,15,16,17,18). The zero-order valence-electron chi connectivity index (χ0n) is 11.2. The minimum Gasteiger partial charge on any atom is -0.316 e. The first-order valence-corrected chi connectivity index (χ1v) is 9.22. The highest BCUT2D eigenvalue weighted by atomic mass is 35.7. The molecule has 3 aromatic rings. The lowest BCUT2D eigenvalue weighted by molar-refractivity contribution is 0.614. The van der Waals surface area contributed by atoms with Gasteiger partial charge in [-0.25, -0.2) is 14.7 Å². The Labute approximate surface area is 135 Å². The van der Waals surface area contributed by atoms with Crippen molar-refractivity contribution in [2.75, 3.05) is 10.0 Å². The number of nitrogens with one attached hydrogen (secondary N) is 2. The van der Waals surface area contributed by atoms with E-state index in [-0.39, 0.29) is 5.95 Å². The van der Waals surface area contributed by atoms with Crippen LogP contribution in [0.25, 0.3) is 10.2 Å². The number of para-hydroxylation sites is 1. The highest BCUT2D eigenvalue weighted by Crippen LogP contribution is 2.27. The molecule has 1 aromatic carbocycles. The number of hydrogen-bond acceptors (Lipinski definition) is 7. The number of hydrogen-bond donors (Lipinski definition) is 2. The Morgan fingerprint density at radius 1 is 1.18 bits per heavy atom. The van der Waals surface area contributed by atoms with Gasteiger partial charge in [0, 0.05) is 22.4 Å². The topological polar surface area (TPSA) is 96.9 Å². The maximum Gasteiger partial charge on any atom is 0.321 e. The highest BCUT2D eigenvalue weighted by molar-refractivity contribution is 8.14. The molecule has 22 heavy (non-hydrogen) atoms. The Balaban J connectivity index is 1.91. The first kappa shape index (κ1) is 14.9. The van der Waals surface area contributed by atoms with Crippen molar-refractivity contribution in [1.29, 1.82) is 0 Å². The maximum atomic E-state index is 11.0. The van der Waals surface area contributed by atoms with E-state index in [9.17, 15) is 8.42 Å². The Morgan fingerprint density at radius 2 is 1.95 bits per heavy atom. The summed E-state index contributed by atoms with van der Waals surface area (Å²) in [5.41, 5.74) is 1.46. The van der Waals surface area contributed by atoms with E-state index in [2.05, 4.69) is 20.3 Å². The molecule has 0 amide bonds. The second-order valence-electron chi connectivity index (χ2n) is 4.37. The molecule has 0 aliphatic rings. The molecule has 3 rings (SSSR count). The van der Waals surface area contributed by atoms with Crippen LogP contribution in [0.4, 0.5) is 16.9 Å². The number of aromatic nitrogens is 3. The zero-order chi connectivity index (χ0) is 15.7. The number of thiazole rings is 1. The van der Waals surface area contributed by atoms with Crippen molar-refractivity contribution >= 4 is 58.4 Å². The van der Waals surface area contributed by atoms with Crippen molar-refractivity contribution in [3.63, 3.8) is 0 Å². The van der Waals surface area contributed by atoms with Gasteiger partial charge >= 0.3 is 9.24 Å². The molecule has 0 fully saturated rings. The summed E-state index contributed by atoms with van der Waals surface area (Å²) >= 11 is 1.47. The first-order valence-electron chi connectivity index (χ1n) is 6.10. The summed E-state index contributed by atoms with van der Waals surface area (Å²) in [6.07, 6.45) is 0. The molecule has 7 nitrogen and oxygen atoms in total. The molecular weight excluding hydrogens is 346 g/mol. The predicted octanol–water partition coefficient (Wildman–Crippen LogP) is 3.03. The van der Waals surface area contributed by atoms with E-state index < -0.39 is 9.24 Å². The first-order chi connectivity index (χ1) is 10.4. The van der Waals surface area contributed by atoms with Gasteiger partial charge in [-0.2, -0.15) is 13.4 Å². The molecule has 0 radical (unpaired) electrons. The van der Waals surface area contributed by atoms with Crippen LogP contribution in [0, 0.1) is 6.92 Å². The Hall–Kier alpha value is -1.97. The van der Waals surface area contributed by atoms with Crippen molar-refractivity contribution in [1.82, 2.24) is 15.0 Å². The summed E-state index contributed by atoms with van der Waals surface area (Å²) in [4.78, 5) is 12.4. The summed E-state index contributed by atoms with van der Waals surface area (Å²) in [7, 11) is 1.19. The van der Waals surface area contributed by atoms with Crippen molar-refractivity contribution in [2.24, 2.45) is 0 Å². The van der Waals surface area contributed by atoms with E-state index in [1.54, 1.807) is 13.0 Å². The Bertz CT molecular complexity index is 909. The van der Waals surface area contributed by atoms with E-state index in [4.69, 9.17) is 10.7 Å². The molecule has 2 aromatic heterocycles. The summed E-state index contributed by atoms with van der Waals surface area (Å²) in [6, 6.07) is 9.41. The summed E-state index contributed by atoms with van der Waals surface area (Å²) in [5, 5.41) is 3.69. The second kappa shape index (κ2) is 5.67. The highest BCUT2D eigenvalue weighted by Gasteiger charge is 2.10. The number of fused-ring (bicyclic) bond motifs is 1. The summed E-state index contributed by atoms with van der Waals surface area (Å²) < 4.78 is 25.2. The molecule has 0 unspecified atom stereocenters. The molecule has 10 heteroatoms. The molecule has 114 valence electrons. The number of nitrogens with zero attached hydrogens (tertiary/aromatic N) is 3. The minimum atomic E-state index is -3.95. The molecule has 0 atom stereocenters. The third kappa shape index (κ3) is 3.62. The summed E-state index contributed by atoms with van der Waals surface area (Å²) in [6.45, 7) is 1.72. The number of benzene rings is 1. The molecule has 2 heterocycles. The monoisotopic (exact) mass is 355 g/mol. The number of anilines is 3. The number of halogens is 1. The maximum absolute atomic E-state index is 11.0. The van der Waals surface area contributed by atoms with Gasteiger partial charge in [0.15, 0.2) is 5.13 Å². The van der Waals surface area contributed by atoms with Crippen LogP contribution >= 0.6 is 22.0 Å². The normalized spacial score (nSPS) is 11.5. The van der Waals surface area contributed by atoms with Crippen LogP contribution < -0.4 is 10.0 Å². The van der Waals surface area contributed by atoms with Crippen LogP contribution in [0.2, 0.25) is 0 Å². The van der Waals surface area contributed by atoms with Gasteiger partial charge in [0.25, 0.3) is 0 Å². The van der Waals surface area contributed by atoms with Gasteiger partial charge in [0.1, 0.15) is 5.82 Å². The van der Waals surface area contributed by atoms with Gasteiger partial charge in [0.2, 0.25) is 5.95 Å². The SMILES string of the molecule is Cc1cc(Nc2nc3ccccc3s2)nc(NS(=O)(=O)Cl)n1. The predicted molar refractivity (Wildman–Crippen MR) is 88.1 cm³/mol. The van der Waals surface area contributed by atoms with E-state index in [1.165, 1.54) is 11.3 Å². The van der Waals surface area contributed by atoms with Crippen molar-refractivity contribution < 1.29 is 8.42 Å². The molecule has 0 spiro atoms. The molecule has 2 N–H and O–H groups in total. The largest absolute Gasteiger partial charge is 0.321 e. The molecule has 0 aliphatic carbocycles. The van der Waals surface area contributed by atoms with Crippen molar-refractivity contribution in [3.8, 4) is 0 Å². The molecule has 0 aliphatic heterocycles. The van der Waals surface area contributed by atoms with Crippen LogP contribution in [0.1, 0.15) is 5.69 Å². The van der Waals surface area contributed by atoms with E-state index in [0.29, 0.717) is 16.6 Å². The smallest absolute Gasteiger partial charge is 0.316 e. The van der Waals surface area contributed by atoms with Crippen LogP contribution in [-0.2, 0) is 9.24 Å². The zero-order valence-corrected chi connectivity index (χ0v) is 13.6. The summed E-state index contributed by atoms with van der Waals surface area (Å²) in [5.74, 6) is 0.327. The van der Waals surface area contributed by atoms with Gasteiger partial charge in [-0.3, -0.25) is 0 Å². The fraction of sp³-hybridized carbons (Fsp3) is 0.0833. The lowest BCUT2D eigenvalue weighted by Crippen LogP contribution is -2.09. The molecular formula is C12H10ClN5O2S2. The van der Waals surface area contributed by atoms with Crippen molar-refractivity contribution in [2.45, 2.75) is 6.92 Å². The van der Waals surface area contributed by atoms with Crippen LogP contribution in [0.3, 0.4) is 0 Å². The second-order valence-corrected chi connectivity index (χ2v) is 7.70. The van der Waals surface area contributed by atoms with Gasteiger partial charge in [-0.05, 0) is 19.1 Å². The molecule has 0 bridgehead atoms. The van der Waals surface area contributed by atoms with Gasteiger partial charge in [0.05, 0.1) is 10.2 Å². The fourth-order valence-corrected chi connectivity index (χ4v) is 3.21. The van der Waals surface area contributed by atoms with Crippen LogP contribution in [0.15, 0.2) is 30.3 Å². The van der Waals surface area contributed by atoms with E-state index >= 15 is 0 Å². The van der Waals surface area contributed by atoms with E-state index in [0.717, 1.165) is 10.2 Å². The molecule has 0 saturated heterocycles. The van der Waals surface area contributed by atoms with E-state index in [1.807, 2.05) is 29.0 Å². The minimum absolute atomic E-state index is 0.0985. The average Bonchev–Trinajstić information content (AvgIpc) is 2.77. The van der Waals surface area contributed by atoms with Crippen LogP contribution in [0.5, 0.6) is 0 Å². The van der Waals surface area contributed by atoms with Gasteiger partial charge in [-0.1, -0.05) is 23.5 Å². The number of aryl methyl sites for hydroxylation is 1. The lowest BCUT2D eigenvalue weighted by Gasteiger charge is -2.06. The third-order valence-electron chi connectivity index (χ3n) is 2.60. The third-order valence-corrected chi connectivity index (χ3v) is 4.21. The number of rotatable bonds is 4. The van der Waals surface area contributed by atoms with Gasteiger partial charge in [-0.15, -0.1) is 0 Å². The Morgan fingerprint density at radius 3 is 2.68 bits per heavy atom. The van der Waals surface area contributed by atoms with Crippen molar-refractivity contribution in [3.05, 3.63) is 36.0 Å². The Kier molecular flexibility index (Phi) is 3.85. The quantitative estimate of drug-likeness (QED) is 0.698. The average molecular weight is 356 g/mol. The van der Waals surface area contributed by atoms with Crippen LogP contribution in [-0.4, -0.2) is 23.4 Å². The molecule has 0 saturated carbocycles. The van der Waals surface area contributed by atoms with Gasteiger partial charge < -0.3 is 5.32 Å².